The van der Waals surface area contributed by atoms with Crippen LogP contribution in [0.2, 0.25) is 5.02 Å². The van der Waals surface area contributed by atoms with Crippen molar-refractivity contribution in [3.63, 3.8) is 0 Å². The predicted octanol–water partition coefficient (Wildman–Crippen LogP) is 2.40. The van der Waals surface area contributed by atoms with Gasteiger partial charge in [-0.05, 0) is 11.5 Å². The minimum Gasteiger partial charge on any atom is -0.536 e. The number of rotatable bonds is 2. The highest BCUT2D eigenvalue weighted by Crippen LogP contribution is 2.32. The molecule has 4 heteroatoms. The highest BCUT2D eigenvalue weighted by atomic mass is 35.5. The van der Waals surface area contributed by atoms with E-state index >= 15 is 0 Å². The van der Waals surface area contributed by atoms with E-state index in [1.807, 2.05) is 30.3 Å². The number of hydrogen-bond acceptors (Lipinski definition) is 2. The molecule has 2 aromatic rings. The van der Waals surface area contributed by atoms with Crippen molar-refractivity contribution in [2.45, 2.75) is 0 Å². The van der Waals surface area contributed by atoms with E-state index < -0.39 is 0 Å². The zero-order chi connectivity index (χ0) is 9.97. The second-order valence-electron chi connectivity index (χ2n) is 2.82. The van der Waals surface area contributed by atoms with Gasteiger partial charge in [0, 0.05) is 5.39 Å². The summed E-state index contributed by atoms with van der Waals surface area (Å²) in [5.41, 5.74) is 0. The van der Waals surface area contributed by atoms with Gasteiger partial charge in [0.15, 0.2) is 0 Å². The standard InChI is InChI=1S/C10H7BClO2/c12-9-6-5-7-3-1-2-4-8(7)10(9)14-11-13/h1-6,13H. The highest BCUT2D eigenvalue weighted by Gasteiger charge is 2.06. The van der Waals surface area contributed by atoms with Gasteiger partial charge in [0.25, 0.3) is 0 Å². The van der Waals surface area contributed by atoms with E-state index in [9.17, 15) is 0 Å². The molecule has 2 nitrogen and oxygen atoms in total. The smallest absolute Gasteiger partial charge is 0.536 e. The highest BCUT2D eigenvalue weighted by molar-refractivity contribution is 6.34. The van der Waals surface area contributed by atoms with Crippen molar-refractivity contribution in [3.8, 4) is 5.75 Å². The molecule has 0 aliphatic carbocycles. The molecule has 69 valence electrons. The summed E-state index contributed by atoms with van der Waals surface area (Å²) < 4.78 is 4.95. The molecule has 1 N–H and O–H groups in total. The third kappa shape index (κ3) is 1.56. The first kappa shape index (κ1) is 9.37. The predicted molar refractivity (Wildman–Crippen MR) is 57.6 cm³/mol. The van der Waals surface area contributed by atoms with Crippen LogP contribution in [0.15, 0.2) is 36.4 Å². The van der Waals surface area contributed by atoms with Gasteiger partial charge in [0.1, 0.15) is 5.75 Å². The van der Waals surface area contributed by atoms with Crippen LogP contribution in [-0.4, -0.2) is 12.7 Å². The summed E-state index contributed by atoms with van der Waals surface area (Å²) in [5.74, 6) is 0.479. The molecule has 0 heterocycles. The van der Waals surface area contributed by atoms with Crippen LogP contribution in [0.5, 0.6) is 5.75 Å². The Hall–Kier alpha value is -1.19. The molecule has 2 rings (SSSR count). The maximum atomic E-state index is 8.60. The summed E-state index contributed by atoms with van der Waals surface area (Å²) in [7, 11) is 0.633. The van der Waals surface area contributed by atoms with E-state index in [-0.39, 0.29) is 0 Å². The van der Waals surface area contributed by atoms with Crippen molar-refractivity contribution in [2.24, 2.45) is 0 Å². The average molecular weight is 205 g/mol. The topological polar surface area (TPSA) is 29.5 Å². The van der Waals surface area contributed by atoms with Crippen molar-refractivity contribution in [1.29, 1.82) is 0 Å². The summed E-state index contributed by atoms with van der Waals surface area (Å²) in [5, 5.41) is 11.0. The van der Waals surface area contributed by atoms with Crippen molar-refractivity contribution in [3.05, 3.63) is 41.4 Å². The van der Waals surface area contributed by atoms with Gasteiger partial charge >= 0.3 is 7.69 Å². The Balaban J connectivity index is 2.69. The van der Waals surface area contributed by atoms with E-state index in [0.29, 0.717) is 18.5 Å². The zero-order valence-corrected chi connectivity index (χ0v) is 8.03. The minimum atomic E-state index is 0.479. The minimum absolute atomic E-state index is 0.479. The molecule has 0 saturated heterocycles. The van der Waals surface area contributed by atoms with E-state index in [2.05, 4.69) is 0 Å². The van der Waals surface area contributed by atoms with Gasteiger partial charge in [-0.15, -0.1) is 0 Å². The number of halogens is 1. The lowest BCUT2D eigenvalue weighted by Crippen LogP contribution is -2.00. The van der Waals surface area contributed by atoms with Crippen molar-refractivity contribution >= 4 is 30.1 Å². The quantitative estimate of drug-likeness (QED) is 0.763. The molecule has 0 fully saturated rings. The monoisotopic (exact) mass is 205 g/mol. The third-order valence-electron chi connectivity index (χ3n) is 2.00. The first-order valence-corrected chi connectivity index (χ1v) is 4.50. The molecule has 0 amide bonds. The molecular weight excluding hydrogens is 198 g/mol. The molecular formula is C10H7BClO2. The summed E-state index contributed by atoms with van der Waals surface area (Å²) in [6, 6.07) is 11.3. The maximum absolute atomic E-state index is 8.60. The largest absolute Gasteiger partial charge is 0.569 e. The summed E-state index contributed by atoms with van der Waals surface area (Å²) in [6.45, 7) is 0. The van der Waals surface area contributed by atoms with Crippen molar-refractivity contribution in [2.75, 3.05) is 0 Å². The van der Waals surface area contributed by atoms with E-state index in [0.717, 1.165) is 10.8 Å². The normalized spacial score (nSPS) is 10.1. The lowest BCUT2D eigenvalue weighted by molar-refractivity contribution is 0.457. The Labute approximate surface area is 87.4 Å². The van der Waals surface area contributed by atoms with Crippen LogP contribution >= 0.6 is 11.6 Å². The fourth-order valence-corrected chi connectivity index (χ4v) is 1.60. The molecule has 0 unspecified atom stereocenters. The van der Waals surface area contributed by atoms with Crippen LogP contribution in [0.25, 0.3) is 10.8 Å². The molecule has 0 saturated carbocycles. The van der Waals surface area contributed by atoms with Crippen LogP contribution < -0.4 is 4.65 Å². The van der Waals surface area contributed by atoms with Crippen LogP contribution in [0, 0.1) is 0 Å². The zero-order valence-electron chi connectivity index (χ0n) is 7.27. The van der Waals surface area contributed by atoms with Gasteiger partial charge in [0.05, 0.1) is 5.02 Å². The van der Waals surface area contributed by atoms with Gasteiger partial charge in [-0.25, -0.2) is 0 Å². The molecule has 14 heavy (non-hydrogen) atoms. The SMILES string of the molecule is O[B]Oc1c(Cl)ccc2ccccc12. The molecule has 0 bridgehead atoms. The summed E-state index contributed by atoms with van der Waals surface area (Å²) in [6.07, 6.45) is 0. The first-order valence-electron chi connectivity index (χ1n) is 4.13. The Morgan fingerprint density at radius 3 is 2.71 bits per heavy atom. The summed E-state index contributed by atoms with van der Waals surface area (Å²) >= 11 is 5.93. The third-order valence-corrected chi connectivity index (χ3v) is 2.30. The van der Waals surface area contributed by atoms with E-state index in [1.54, 1.807) is 6.07 Å². The van der Waals surface area contributed by atoms with Crippen LogP contribution in [0.4, 0.5) is 0 Å². The van der Waals surface area contributed by atoms with Gasteiger partial charge in [0.2, 0.25) is 0 Å². The van der Waals surface area contributed by atoms with Gasteiger partial charge in [-0.1, -0.05) is 41.9 Å². The Morgan fingerprint density at radius 1 is 1.14 bits per heavy atom. The maximum Gasteiger partial charge on any atom is 0.569 e. The molecule has 1 radical (unpaired) electrons. The second kappa shape index (κ2) is 3.90. The lowest BCUT2D eigenvalue weighted by Gasteiger charge is -2.08. The van der Waals surface area contributed by atoms with Crippen LogP contribution in [0.1, 0.15) is 0 Å². The van der Waals surface area contributed by atoms with Crippen LogP contribution in [-0.2, 0) is 0 Å². The average Bonchev–Trinajstić information content (AvgIpc) is 2.23. The molecule has 0 aromatic heterocycles. The second-order valence-corrected chi connectivity index (χ2v) is 3.23. The fourth-order valence-electron chi connectivity index (χ4n) is 1.39. The van der Waals surface area contributed by atoms with Crippen molar-refractivity contribution < 1.29 is 9.68 Å². The number of hydrogen-bond donors (Lipinski definition) is 1. The van der Waals surface area contributed by atoms with Crippen LogP contribution in [0.3, 0.4) is 0 Å². The van der Waals surface area contributed by atoms with E-state index in [4.69, 9.17) is 21.3 Å². The molecule has 2 aromatic carbocycles. The van der Waals surface area contributed by atoms with Crippen molar-refractivity contribution in [1.82, 2.24) is 0 Å². The van der Waals surface area contributed by atoms with Gasteiger partial charge in [-0.3, -0.25) is 0 Å². The molecule has 0 aliphatic rings. The lowest BCUT2D eigenvalue weighted by atomic mass is 10.1. The molecule has 0 aliphatic heterocycles. The number of fused-ring (bicyclic) bond motifs is 1. The van der Waals surface area contributed by atoms with Gasteiger partial charge < -0.3 is 9.68 Å². The Morgan fingerprint density at radius 2 is 1.93 bits per heavy atom. The molecule has 0 atom stereocenters. The first-order chi connectivity index (χ1) is 6.83. The number of benzene rings is 2. The summed E-state index contributed by atoms with van der Waals surface area (Å²) in [4.78, 5) is 0. The Kier molecular flexibility index (Phi) is 2.61. The fraction of sp³-hybridized carbons (Fsp3) is 0. The van der Waals surface area contributed by atoms with E-state index in [1.165, 1.54) is 0 Å². The molecule has 0 spiro atoms. The Bertz CT molecular complexity index is 459. The van der Waals surface area contributed by atoms with Gasteiger partial charge in [-0.2, -0.15) is 0 Å².